The van der Waals surface area contributed by atoms with E-state index in [9.17, 15) is 4.79 Å². The molecule has 10 heteroatoms. The van der Waals surface area contributed by atoms with Gasteiger partial charge in [0.2, 0.25) is 0 Å². The van der Waals surface area contributed by atoms with Crippen LogP contribution in [0.15, 0.2) is 39.5 Å². The molecule has 0 aliphatic heterocycles. The molecule has 6 nitrogen and oxygen atoms in total. The molecule has 0 atom stereocenters. The largest absolute Gasteiger partial charge is 0.476 e. The molecule has 6 N–H and O–H groups in total. The van der Waals surface area contributed by atoms with Crippen LogP contribution in [0.5, 0.6) is 0 Å². The highest BCUT2D eigenvalue weighted by molar-refractivity contribution is 8.04. The summed E-state index contributed by atoms with van der Waals surface area (Å²) in [7, 11) is 0. The van der Waals surface area contributed by atoms with E-state index in [2.05, 4.69) is 10.4 Å². The SMILES string of the molecule is NN/C(C(=O)O)=C(\N)Sc1ncc(-c2ccc(Cl)c(Cl)c2)s1. The molecule has 22 heavy (non-hydrogen) atoms. The van der Waals surface area contributed by atoms with Crippen molar-refractivity contribution in [1.82, 2.24) is 10.4 Å². The lowest BCUT2D eigenvalue weighted by atomic mass is 10.2. The smallest absolute Gasteiger partial charge is 0.356 e. The number of thiazole rings is 1. The molecule has 2 rings (SSSR count). The van der Waals surface area contributed by atoms with Gasteiger partial charge in [-0.2, -0.15) is 0 Å². The predicted molar refractivity (Wildman–Crippen MR) is 89.6 cm³/mol. The lowest BCUT2D eigenvalue weighted by Gasteiger charge is -2.04. The Morgan fingerprint density at radius 1 is 1.36 bits per heavy atom. The number of benzene rings is 1. The van der Waals surface area contributed by atoms with E-state index in [4.69, 9.17) is 39.9 Å². The summed E-state index contributed by atoms with van der Waals surface area (Å²) in [5, 5.41) is 9.86. The van der Waals surface area contributed by atoms with Crippen LogP contribution in [-0.4, -0.2) is 16.1 Å². The summed E-state index contributed by atoms with van der Waals surface area (Å²) in [6, 6.07) is 5.25. The molecule has 0 radical (unpaired) electrons. The second kappa shape index (κ2) is 7.21. The Bertz CT molecular complexity index is 748. The van der Waals surface area contributed by atoms with Gasteiger partial charge in [0.1, 0.15) is 5.03 Å². The number of nitrogens with two attached hydrogens (primary N) is 2. The molecule has 1 aromatic heterocycles. The second-order valence-electron chi connectivity index (χ2n) is 3.91. The third kappa shape index (κ3) is 3.84. The Labute approximate surface area is 144 Å². The summed E-state index contributed by atoms with van der Waals surface area (Å²) >= 11 is 14.2. The van der Waals surface area contributed by atoms with Crippen LogP contribution in [0.3, 0.4) is 0 Å². The van der Waals surface area contributed by atoms with Crippen LogP contribution in [0.25, 0.3) is 10.4 Å². The summed E-state index contributed by atoms with van der Waals surface area (Å²) < 4.78 is 0.576. The van der Waals surface area contributed by atoms with Crippen LogP contribution in [-0.2, 0) is 4.79 Å². The molecular formula is C12H10Cl2N4O2S2. The molecule has 116 valence electrons. The molecule has 0 amide bonds. The summed E-state index contributed by atoms with van der Waals surface area (Å²) in [5.74, 6) is 3.89. The maximum Gasteiger partial charge on any atom is 0.356 e. The Hall–Kier alpha value is -1.45. The summed E-state index contributed by atoms with van der Waals surface area (Å²) in [4.78, 5) is 16.0. The van der Waals surface area contributed by atoms with Gasteiger partial charge in [-0.25, -0.2) is 9.78 Å². The van der Waals surface area contributed by atoms with Gasteiger partial charge in [-0.15, -0.1) is 11.3 Å². The fourth-order valence-corrected chi connectivity index (χ4v) is 3.66. The molecule has 0 aliphatic carbocycles. The van der Waals surface area contributed by atoms with Crippen LogP contribution in [0.4, 0.5) is 0 Å². The van der Waals surface area contributed by atoms with Crippen LogP contribution >= 0.6 is 46.3 Å². The van der Waals surface area contributed by atoms with Crippen molar-refractivity contribution >= 4 is 52.3 Å². The maximum atomic E-state index is 10.9. The molecule has 2 aromatic rings. The molecule has 1 aromatic carbocycles. The fourth-order valence-electron chi connectivity index (χ4n) is 1.47. The monoisotopic (exact) mass is 376 g/mol. The number of hydrogen-bond acceptors (Lipinski definition) is 7. The zero-order chi connectivity index (χ0) is 16.3. The summed E-state index contributed by atoms with van der Waals surface area (Å²) in [5.41, 5.74) is 8.33. The zero-order valence-electron chi connectivity index (χ0n) is 10.8. The lowest BCUT2D eigenvalue weighted by molar-refractivity contribution is -0.133. The van der Waals surface area contributed by atoms with E-state index < -0.39 is 5.97 Å². The Morgan fingerprint density at radius 3 is 2.68 bits per heavy atom. The van der Waals surface area contributed by atoms with Crippen molar-refractivity contribution in [2.45, 2.75) is 4.34 Å². The van der Waals surface area contributed by atoms with Gasteiger partial charge in [-0.1, -0.05) is 29.3 Å². The quantitative estimate of drug-likeness (QED) is 0.274. The van der Waals surface area contributed by atoms with E-state index >= 15 is 0 Å². The molecule has 0 saturated heterocycles. The van der Waals surface area contributed by atoms with Crippen molar-refractivity contribution in [3.8, 4) is 10.4 Å². The molecule has 0 unspecified atom stereocenters. The van der Waals surface area contributed by atoms with Crippen LogP contribution in [0, 0.1) is 0 Å². The number of carboxylic acid groups (broad SMARTS) is 1. The number of carboxylic acids is 1. The topological polar surface area (TPSA) is 114 Å². The third-order valence-electron chi connectivity index (χ3n) is 2.49. The molecule has 0 spiro atoms. The van der Waals surface area contributed by atoms with E-state index in [0.29, 0.717) is 14.4 Å². The van der Waals surface area contributed by atoms with Crippen molar-refractivity contribution in [1.29, 1.82) is 0 Å². The first-order chi connectivity index (χ1) is 10.4. The Balaban J connectivity index is 2.25. The summed E-state index contributed by atoms with van der Waals surface area (Å²) in [6.07, 6.45) is 1.65. The average Bonchev–Trinajstić information content (AvgIpc) is 2.90. The van der Waals surface area contributed by atoms with Crippen LogP contribution in [0.2, 0.25) is 10.0 Å². The second-order valence-corrected chi connectivity index (χ2v) is 7.04. The Kier molecular flexibility index (Phi) is 5.54. The normalized spacial score (nSPS) is 12.0. The van der Waals surface area contributed by atoms with Gasteiger partial charge < -0.3 is 16.3 Å². The van der Waals surface area contributed by atoms with Gasteiger partial charge in [0.25, 0.3) is 0 Å². The number of carbonyl (C=O) groups is 1. The highest BCUT2D eigenvalue weighted by Gasteiger charge is 2.14. The van der Waals surface area contributed by atoms with E-state index in [0.717, 1.165) is 22.2 Å². The fraction of sp³-hybridized carbons (Fsp3) is 0. The van der Waals surface area contributed by atoms with Crippen LogP contribution in [0.1, 0.15) is 0 Å². The maximum absolute atomic E-state index is 10.9. The van der Waals surface area contributed by atoms with Gasteiger partial charge in [0.05, 0.1) is 14.9 Å². The van der Waals surface area contributed by atoms with E-state index in [-0.39, 0.29) is 10.7 Å². The molecular weight excluding hydrogens is 367 g/mol. The van der Waals surface area contributed by atoms with Gasteiger partial charge >= 0.3 is 5.97 Å². The van der Waals surface area contributed by atoms with Crippen molar-refractivity contribution in [2.75, 3.05) is 0 Å². The molecule has 0 aliphatic rings. The van der Waals surface area contributed by atoms with Crippen molar-refractivity contribution < 1.29 is 9.90 Å². The first-order valence-electron chi connectivity index (χ1n) is 5.71. The summed E-state index contributed by atoms with van der Waals surface area (Å²) in [6.45, 7) is 0. The number of nitrogens with zero attached hydrogens (tertiary/aromatic N) is 1. The standard InChI is InChI=1S/C12H10Cl2N4O2S2/c13-6-2-1-5(3-7(6)14)8-4-17-12(21-8)22-10(15)9(18-16)11(19)20/h1-4,18H,15-16H2,(H,19,20)/b10-9+. The van der Waals surface area contributed by atoms with Gasteiger partial charge in [0, 0.05) is 6.20 Å². The van der Waals surface area contributed by atoms with Gasteiger partial charge in [-0.05, 0) is 29.5 Å². The first kappa shape index (κ1) is 16.9. The number of aromatic nitrogens is 1. The number of aliphatic carboxylic acids is 1. The number of rotatable bonds is 5. The highest BCUT2D eigenvalue weighted by Crippen LogP contribution is 2.36. The van der Waals surface area contributed by atoms with Crippen molar-refractivity contribution in [3.05, 3.63) is 45.2 Å². The number of hydrazine groups is 1. The minimum absolute atomic E-state index is 0.0186. The lowest BCUT2D eigenvalue weighted by Crippen LogP contribution is -2.29. The van der Waals surface area contributed by atoms with Crippen molar-refractivity contribution in [2.24, 2.45) is 11.6 Å². The molecule has 0 bridgehead atoms. The number of halogens is 2. The molecule has 1 heterocycles. The van der Waals surface area contributed by atoms with E-state index in [1.54, 1.807) is 18.3 Å². The number of nitrogens with one attached hydrogen (secondary N) is 1. The van der Waals surface area contributed by atoms with E-state index in [1.807, 2.05) is 6.07 Å². The highest BCUT2D eigenvalue weighted by atomic mass is 35.5. The minimum atomic E-state index is -1.24. The minimum Gasteiger partial charge on any atom is -0.476 e. The third-order valence-corrected chi connectivity index (χ3v) is 5.27. The average molecular weight is 377 g/mol. The number of thioether (sulfide) groups is 1. The number of hydrogen-bond donors (Lipinski definition) is 4. The first-order valence-corrected chi connectivity index (χ1v) is 8.10. The van der Waals surface area contributed by atoms with Gasteiger partial charge in [0.15, 0.2) is 10.0 Å². The zero-order valence-corrected chi connectivity index (χ0v) is 14.0. The van der Waals surface area contributed by atoms with E-state index in [1.165, 1.54) is 11.3 Å². The van der Waals surface area contributed by atoms with Gasteiger partial charge in [-0.3, -0.25) is 5.84 Å². The Morgan fingerprint density at radius 2 is 2.09 bits per heavy atom. The molecule has 0 fully saturated rings. The molecule has 0 saturated carbocycles. The predicted octanol–water partition coefficient (Wildman–Crippen LogP) is 2.88. The van der Waals surface area contributed by atoms with Crippen LogP contribution < -0.4 is 17.0 Å². The van der Waals surface area contributed by atoms with Crippen molar-refractivity contribution in [3.63, 3.8) is 0 Å².